The van der Waals surface area contributed by atoms with Crippen molar-refractivity contribution >= 4 is 0 Å². The van der Waals surface area contributed by atoms with Crippen LogP contribution in [0, 0.1) is 16.7 Å². The summed E-state index contributed by atoms with van der Waals surface area (Å²) in [4.78, 5) is 2.65. The largest absolute Gasteiger partial charge is 0.298 e. The summed E-state index contributed by atoms with van der Waals surface area (Å²) in [6.07, 6.45) is 1.34. The van der Waals surface area contributed by atoms with Crippen LogP contribution in [-0.4, -0.2) is 23.5 Å². The van der Waals surface area contributed by atoms with E-state index in [1.165, 1.54) is 19.5 Å². The standard InChI is InChI=1S/C15H31N/c1-13(2,3)12-9-10-16(14(4,5)6)11-15(12,7)8/h12H,9-11H2,1-8H3. The Kier molecular flexibility index (Phi) is 3.52. The Morgan fingerprint density at radius 1 is 1.00 bits per heavy atom. The van der Waals surface area contributed by atoms with Crippen molar-refractivity contribution in [1.82, 2.24) is 4.90 Å². The van der Waals surface area contributed by atoms with Crippen molar-refractivity contribution in [3.8, 4) is 0 Å². The number of rotatable bonds is 0. The minimum Gasteiger partial charge on any atom is -0.298 e. The number of hydrogen-bond acceptors (Lipinski definition) is 1. The normalized spacial score (nSPS) is 28.1. The molecule has 0 aromatic heterocycles. The van der Waals surface area contributed by atoms with Crippen LogP contribution in [0.25, 0.3) is 0 Å². The summed E-state index contributed by atoms with van der Waals surface area (Å²) in [5, 5.41) is 0. The maximum absolute atomic E-state index is 2.65. The van der Waals surface area contributed by atoms with Crippen molar-refractivity contribution in [3.05, 3.63) is 0 Å². The molecule has 0 radical (unpaired) electrons. The van der Waals surface area contributed by atoms with Crippen LogP contribution >= 0.6 is 0 Å². The molecule has 1 nitrogen and oxygen atoms in total. The second kappa shape index (κ2) is 4.01. The van der Waals surface area contributed by atoms with Crippen LogP contribution in [0.2, 0.25) is 0 Å². The fraction of sp³-hybridized carbons (Fsp3) is 1.00. The summed E-state index contributed by atoms with van der Waals surface area (Å²) in [5.74, 6) is 0.832. The predicted octanol–water partition coefficient (Wildman–Crippen LogP) is 4.18. The quantitative estimate of drug-likeness (QED) is 0.598. The lowest BCUT2D eigenvalue weighted by atomic mass is 9.62. The molecule has 1 heterocycles. The van der Waals surface area contributed by atoms with E-state index in [2.05, 4.69) is 60.3 Å². The molecule has 0 amide bonds. The van der Waals surface area contributed by atoms with E-state index in [0.29, 0.717) is 16.4 Å². The van der Waals surface area contributed by atoms with Crippen molar-refractivity contribution in [2.45, 2.75) is 67.3 Å². The van der Waals surface area contributed by atoms with Gasteiger partial charge in [0, 0.05) is 12.1 Å². The van der Waals surface area contributed by atoms with Crippen LogP contribution < -0.4 is 0 Å². The maximum Gasteiger partial charge on any atom is 0.0125 e. The lowest BCUT2D eigenvalue weighted by molar-refractivity contribution is -0.0394. The predicted molar refractivity (Wildman–Crippen MR) is 72.7 cm³/mol. The fourth-order valence-corrected chi connectivity index (χ4v) is 3.53. The molecule has 1 saturated heterocycles. The van der Waals surface area contributed by atoms with Gasteiger partial charge in [-0.3, -0.25) is 4.90 Å². The third-order valence-electron chi connectivity index (χ3n) is 4.22. The molecular formula is C15H31N. The minimum absolute atomic E-state index is 0.320. The summed E-state index contributed by atoms with van der Waals surface area (Å²) in [6.45, 7) is 21.6. The van der Waals surface area contributed by atoms with E-state index < -0.39 is 0 Å². The summed E-state index contributed by atoms with van der Waals surface area (Å²) < 4.78 is 0. The van der Waals surface area contributed by atoms with E-state index in [-0.39, 0.29) is 0 Å². The molecule has 0 spiro atoms. The molecule has 1 aliphatic rings. The summed E-state index contributed by atoms with van der Waals surface area (Å²) >= 11 is 0. The van der Waals surface area contributed by atoms with Gasteiger partial charge in [-0.15, -0.1) is 0 Å². The van der Waals surface area contributed by atoms with Gasteiger partial charge in [0.25, 0.3) is 0 Å². The molecule has 96 valence electrons. The van der Waals surface area contributed by atoms with E-state index in [9.17, 15) is 0 Å². The minimum atomic E-state index is 0.320. The third-order valence-corrected chi connectivity index (χ3v) is 4.22. The number of piperidine rings is 1. The molecule has 1 unspecified atom stereocenters. The molecule has 0 bridgehead atoms. The molecule has 1 heteroatoms. The van der Waals surface area contributed by atoms with E-state index in [4.69, 9.17) is 0 Å². The van der Waals surface area contributed by atoms with Crippen molar-refractivity contribution in [2.24, 2.45) is 16.7 Å². The van der Waals surface area contributed by atoms with Crippen LogP contribution in [-0.2, 0) is 0 Å². The summed E-state index contributed by atoms with van der Waals surface area (Å²) in [7, 11) is 0. The highest BCUT2D eigenvalue weighted by Crippen LogP contribution is 2.46. The average molecular weight is 225 g/mol. The van der Waals surface area contributed by atoms with Crippen LogP contribution in [0.3, 0.4) is 0 Å². The van der Waals surface area contributed by atoms with E-state index >= 15 is 0 Å². The van der Waals surface area contributed by atoms with Crippen LogP contribution in [0.15, 0.2) is 0 Å². The first-order valence-electron chi connectivity index (χ1n) is 6.70. The van der Waals surface area contributed by atoms with Crippen molar-refractivity contribution < 1.29 is 0 Å². The highest BCUT2D eigenvalue weighted by atomic mass is 15.2. The van der Waals surface area contributed by atoms with Gasteiger partial charge < -0.3 is 0 Å². The Labute approximate surface area is 103 Å². The molecule has 0 aromatic carbocycles. The molecule has 1 aliphatic heterocycles. The molecule has 1 fully saturated rings. The van der Waals surface area contributed by atoms with Crippen LogP contribution in [0.5, 0.6) is 0 Å². The molecule has 0 aliphatic carbocycles. The topological polar surface area (TPSA) is 3.24 Å². The van der Waals surface area contributed by atoms with Gasteiger partial charge in [-0.2, -0.15) is 0 Å². The van der Waals surface area contributed by atoms with Gasteiger partial charge >= 0.3 is 0 Å². The molecule has 0 N–H and O–H groups in total. The molecule has 1 atom stereocenters. The van der Waals surface area contributed by atoms with Crippen LogP contribution in [0.1, 0.15) is 61.8 Å². The lowest BCUT2D eigenvalue weighted by Crippen LogP contribution is -2.55. The molecule has 16 heavy (non-hydrogen) atoms. The van der Waals surface area contributed by atoms with E-state index in [1.807, 2.05) is 0 Å². The van der Waals surface area contributed by atoms with Gasteiger partial charge in [0.05, 0.1) is 0 Å². The Morgan fingerprint density at radius 2 is 1.50 bits per heavy atom. The zero-order valence-electron chi connectivity index (χ0n) is 12.6. The molecule has 1 rings (SSSR count). The van der Waals surface area contributed by atoms with Gasteiger partial charge in [-0.05, 0) is 50.5 Å². The number of nitrogens with zero attached hydrogens (tertiary/aromatic N) is 1. The maximum atomic E-state index is 2.65. The second-order valence-corrected chi connectivity index (χ2v) is 8.29. The van der Waals surface area contributed by atoms with Crippen molar-refractivity contribution in [1.29, 1.82) is 0 Å². The SMILES string of the molecule is CC(C)(C)C1CCN(C(C)(C)C)CC1(C)C. The lowest BCUT2D eigenvalue weighted by Gasteiger charge is -2.53. The van der Waals surface area contributed by atoms with Gasteiger partial charge in [-0.25, -0.2) is 0 Å². The fourth-order valence-electron chi connectivity index (χ4n) is 3.53. The first kappa shape index (κ1) is 14.0. The zero-order chi connectivity index (χ0) is 12.8. The van der Waals surface area contributed by atoms with Gasteiger partial charge in [0.2, 0.25) is 0 Å². The van der Waals surface area contributed by atoms with Crippen molar-refractivity contribution in [2.75, 3.05) is 13.1 Å². The van der Waals surface area contributed by atoms with Crippen molar-refractivity contribution in [3.63, 3.8) is 0 Å². The van der Waals surface area contributed by atoms with Gasteiger partial charge in [0.1, 0.15) is 0 Å². The Morgan fingerprint density at radius 3 is 1.81 bits per heavy atom. The first-order valence-corrected chi connectivity index (χ1v) is 6.70. The van der Waals surface area contributed by atoms with Gasteiger partial charge in [-0.1, -0.05) is 34.6 Å². The number of hydrogen-bond donors (Lipinski definition) is 0. The average Bonchev–Trinajstić information content (AvgIpc) is 1.97. The van der Waals surface area contributed by atoms with Gasteiger partial charge in [0.15, 0.2) is 0 Å². The van der Waals surface area contributed by atoms with E-state index in [0.717, 1.165) is 5.92 Å². The zero-order valence-corrected chi connectivity index (χ0v) is 12.6. The monoisotopic (exact) mass is 225 g/mol. The first-order chi connectivity index (χ1) is 6.94. The highest BCUT2D eigenvalue weighted by molar-refractivity contribution is 4.95. The summed E-state index contributed by atoms with van der Waals surface area (Å²) in [5.41, 5.74) is 1.19. The third kappa shape index (κ3) is 3.00. The Hall–Kier alpha value is -0.0400. The summed E-state index contributed by atoms with van der Waals surface area (Å²) in [6, 6.07) is 0. The smallest absolute Gasteiger partial charge is 0.0125 e. The Bertz CT molecular complexity index is 239. The second-order valence-electron chi connectivity index (χ2n) is 8.29. The Balaban J connectivity index is 2.82. The molecule has 0 saturated carbocycles. The molecule has 0 aromatic rings. The van der Waals surface area contributed by atoms with Crippen LogP contribution in [0.4, 0.5) is 0 Å². The highest BCUT2D eigenvalue weighted by Gasteiger charge is 2.43. The molecular weight excluding hydrogens is 194 g/mol. The van der Waals surface area contributed by atoms with E-state index in [1.54, 1.807) is 0 Å². The number of likely N-dealkylation sites (tertiary alicyclic amines) is 1.